The molecule has 0 fully saturated rings. The van der Waals surface area contributed by atoms with E-state index in [0.29, 0.717) is 0 Å². The number of nitrogens with zero attached hydrogens (tertiary/aromatic N) is 4. The maximum Gasteiger partial charge on any atom is 0.0641 e. The van der Waals surface area contributed by atoms with E-state index in [0.717, 1.165) is 34.1 Å². The van der Waals surface area contributed by atoms with Crippen molar-refractivity contribution in [3.63, 3.8) is 0 Å². The molecule has 0 bridgehead atoms. The van der Waals surface area contributed by atoms with Crippen LogP contribution in [0.4, 0.5) is 34.1 Å². The summed E-state index contributed by atoms with van der Waals surface area (Å²) in [6.07, 6.45) is 0. The Morgan fingerprint density at radius 2 is 0.638 bits per heavy atom. The van der Waals surface area contributed by atoms with Crippen molar-refractivity contribution in [3.05, 3.63) is 277 Å². The monoisotopic (exact) mass is 1210 g/mol. The second-order valence-electron chi connectivity index (χ2n) is 30.6. The van der Waals surface area contributed by atoms with E-state index in [1.807, 2.05) is 0 Å². The summed E-state index contributed by atoms with van der Waals surface area (Å²) >= 11 is 0. The zero-order valence-electron chi connectivity index (χ0n) is 56.0. The van der Waals surface area contributed by atoms with E-state index >= 15 is 0 Å². The quantitative estimate of drug-likeness (QED) is 0.151. The van der Waals surface area contributed by atoms with Crippen molar-refractivity contribution in [1.82, 2.24) is 8.80 Å². The van der Waals surface area contributed by atoms with E-state index in [9.17, 15) is 0 Å². The molecule has 0 N–H and O–H groups in total. The van der Waals surface area contributed by atoms with Gasteiger partial charge in [-0.05, 0) is 149 Å². The van der Waals surface area contributed by atoms with Gasteiger partial charge < -0.3 is 18.6 Å². The van der Waals surface area contributed by atoms with Gasteiger partial charge in [-0.3, -0.25) is 0 Å². The molecular weight excluding hydrogens is 1140 g/mol. The fourth-order valence-corrected chi connectivity index (χ4v) is 15.8. The highest BCUT2D eigenvalue weighted by molar-refractivity contribution is 6.33. The van der Waals surface area contributed by atoms with Gasteiger partial charge in [-0.1, -0.05) is 265 Å². The first-order valence-electron chi connectivity index (χ1n) is 33.6. The molecule has 0 aliphatic carbocycles. The van der Waals surface area contributed by atoms with Crippen LogP contribution in [0.1, 0.15) is 105 Å². The maximum absolute atomic E-state index is 2.67. The van der Waals surface area contributed by atoms with Crippen LogP contribution >= 0.6 is 0 Å². The summed E-state index contributed by atoms with van der Waals surface area (Å²) in [5, 5.41) is 14.9. The standard InChI is InChI=1S/C90H78N4/c1-87(2,3)61-41-43-65(59-39-37-55-25-19-21-27-57(55)49-59)77(51-61)91(63-29-15-13-16-30-63)75-47-45-67-71-53-80-72(54-79(71)93-83-69(81(75)85(67)93)33-23-35-73(83)89(7,8)9)68-46-48-76(82-70-34-24-36-74(90(10,11)12)84(70)94(80)86(68)82)92(64-31-17-14-18-32-64)78-52-62(88(4,5)6)42-44-66(78)60-40-38-56-26-20-22-28-58(56)50-60/h13-54H,1-12H3. The SMILES string of the molecule is CC(C)(C)c1ccc(-c2ccc3ccccc3c2)c(N(c2ccccc2)c2ccc3c4cc5c(cc4n4c6c(C(C)(C)C)cccc6c2c34)c2ccc(N(c3ccccc3)c3cc(C(C)(C)C)ccc3-c3ccc4ccccc4c3)c3c4cccc(C(C)(C)C)c4n5c23)c1. The van der Waals surface area contributed by atoms with E-state index in [4.69, 9.17) is 0 Å². The van der Waals surface area contributed by atoms with Gasteiger partial charge in [-0.25, -0.2) is 0 Å². The number of para-hydroxylation sites is 4. The molecule has 94 heavy (non-hydrogen) atoms. The molecule has 0 saturated carbocycles. The van der Waals surface area contributed by atoms with Crippen molar-refractivity contribution < 1.29 is 0 Å². The lowest BCUT2D eigenvalue weighted by molar-refractivity contribution is 0.590. The maximum atomic E-state index is 2.67. The lowest BCUT2D eigenvalue weighted by Gasteiger charge is -2.31. The fraction of sp³-hybridized carbons (Fsp3) is 0.178. The van der Waals surface area contributed by atoms with Gasteiger partial charge in [0.15, 0.2) is 0 Å². The first-order valence-corrected chi connectivity index (χ1v) is 33.6. The number of hydrogen-bond acceptors (Lipinski definition) is 2. The van der Waals surface area contributed by atoms with Gasteiger partial charge in [0.25, 0.3) is 0 Å². The average molecular weight is 1220 g/mol. The van der Waals surface area contributed by atoms with Crippen molar-refractivity contribution in [2.75, 3.05) is 9.80 Å². The second kappa shape index (κ2) is 20.5. The van der Waals surface area contributed by atoms with Crippen molar-refractivity contribution >= 4 is 132 Å². The van der Waals surface area contributed by atoms with Gasteiger partial charge in [0, 0.05) is 65.6 Å². The molecule has 0 aliphatic rings. The molecule has 0 atom stereocenters. The van der Waals surface area contributed by atoms with E-state index < -0.39 is 0 Å². The number of aromatic nitrogens is 2. The molecule has 4 heteroatoms. The lowest BCUT2D eigenvalue weighted by Crippen LogP contribution is -2.15. The van der Waals surface area contributed by atoms with Gasteiger partial charge in [-0.2, -0.15) is 0 Å². The Morgan fingerprint density at radius 1 is 0.255 bits per heavy atom. The number of hydrogen-bond donors (Lipinski definition) is 0. The van der Waals surface area contributed by atoms with Crippen molar-refractivity contribution in [1.29, 1.82) is 0 Å². The van der Waals surface area contributed by atoms with E-state index in [1.165, 1.54) is 142 Å². The molecule has 0 spiro atoms. The third-order valence-electron chi connectivity index (χ3n) is 20.5. The van der Waals surface area contributed by atoms with Gasteiger partial charge in [0.05, 0.1) is 55.8 Å². The van der Waals surface area contributed by atoms with E-state index in [-0.39, 0.29) is 21.7 Å². The second-order valence-corrected chi connectivity index (χ2v) is 30.6. The summed E-state index contributed by atoms with van der Waals surface area (Å²) in [5.74, 6) is 0. The Bertz CT molecular complexity index is 5530. The number of anilines is 6. The lowest BCUT2D eigenvalue weighted by atomic mass is 9.84. The highest BCUT2D eigenvalue weighted by Gasteiger charge is 2.34. The Kier molecular flexibility index (Phi) is 12.6. The number of fused-ring (bicyclic) bond motifs is 14. The zero-order chi connectivity index (χ0) is 64.5. The van der Waals surface area contributed by atoms with Crippen LogP contribution in [0.2, 0.25) is 0 Å². The highest BCUT2D eigenvalue weighted by atomic mass is 15.2. The minimum Gasteiger partial charge on any atom is -0.309 e. The Hall–Kier alpha value is -10.4. The van der Waals surface area contributed by atoms with E-state index in [1.54, 1.807) is 0 Å². The molecule has 0 aliphatic heterocycles. The van der Waals surface area contributed by atoms with Crippen molar-refractivity contribution in [3.8, 4) is 22.3 Å². The van der Waals surface area contributed by atoms with Gasteiger partial charge in [0.1, 0.15) is 0 Å². The molecule has 458 valence electrons. The minimum atomic E-state index is -0.176. The smallest absolute Gasteiger partial charge is 0.0641 e. The molecular formula is C90H78N4. The molecule has 0 saturated heterocycles. The Balaban J connectivity index is 0.979. The summed E-state index contributed by atoms with van der Waals surface area (Å²) in [6.45, 7) is 28.3. The van der Waals surface area contributed by atoms with Gasteiger partial charge in [0.2, 0.25) is 0 Å². The highest BCUT2D eigenvalue weighted by Crippen LogP contribution is 2.55. The largest absolute Gasteiger partial charge is 0.309 e. The van der Waals surface area contributed by atoms with Crippen LogP contribution in [0.25, 0.3) is 120 Å². The van der Waals surface area contributed by atoms with Gasteiger partial charge >= 0.3 is 0 Å². The van der Waals surface area contributed by atoms with E-state index in [2.05, 4.69) is 356 Å². The van der Waals surface area contributed by atoms with Crippen LogP contribution in [0, 0.1) is 0 Å². The minimum absolute atomic E-state index is 0.105. The molecule has 4 heterocycles. The predicted molar refractivity (Wildman–Crippen MR) is 406 cm³/mol. The summed E-state index contributed by atoms with van der Waals surface area (Å²) in [4.78, 5) is 5.14. The predicted octanol–water partition coefficient (Wildman–Crippen LogP) is 25.8. The first kappa shape index (κ1) is 57.5. The normalized spacial score (nSPS) is 12.9. The van der Waals surface area contributed by atoms with Crippen LogP contribution in [0.5, 0.6) is 0 Å². The number of benzene rings is 13. The summed E-state index contributed by atoms with van der Waals surface area (Å²) < 4.78 is 5.34. The summed E-state index contributed by atoms with van der Waals surface area (Å²) in [7, 11) is 0. The first-order chi connectivity index (χ1) is 45.2. The molecule has 13 aromatic carbocycles. The molecule has 4 nitrogen and oxygen atoms in total. The van der Waals surface area contributed by atoms with Crippen LogP contribution in [-0.2, 0) is 21.7 Å². The Labute approximate surface area is 551 Å². The zero-order valence-corrected chi connectivity index (χ0v) is 56.0. The third kappa shape index (κ3) is 8.78. The molecule has 0 amide bonds. The number of rotatable bonds is 8. The topological polar surface area (TPSA) is 15.3 Å². The van der Waals surface area contributed by atoms with Crippen molar-refractivity contribution in [2.24, 2.45) is 0 Å². The molecule has 17 aromatic rings. The van der Waals surface area contributed by atoms with Crippen LogP contribution < -0.4 is 9.80 Å². The van der Waals surface area contributed by atoms with Crippen LogP contribution in [0.3, 0.4) is 0 Å². The molecule has 17 rings (SSSR count). The third-order valence-corrected chi connectivity index (χ3v) is 20.5. The Morgan fingerprint density at radius 3 is 1.02 bits per heavy atom. The van der Waals surface area contributed by atoms with Crippen LogP contribution in [0.15, 0.2) is 255 Å². The van der Waals surface area contributed by atoms with Gasteiger partial charge in [-0.15, -0.1) is 0 Å². The fourth-order valence-electron chi connectivity index (χ4n) is 15.8. The molecule has 4 aromatic heterocycles. The summed E-state index contributed by atoms with van der Waals surface area (Å²) in [5.41, 5.74) is 23.7. The van der Waals surface area contributed by atoms with Crippen molar-refractivity contribution in [2.45, 2.75) is 105 Å². The summed E-state index contributed by atoms with van der Waals surface area (Å²) in [6, 6.07) is 97.0. The van der Waals surface area contributed by atoms with Crippen LogP contribution in [-0.4, -0.2) is 8.80 Å². The molecule has 0 unspecified atom stereocenters. The molecule has 0 radical (unpaired) electrons. The average Bonchev–Trinajstić information content (AvgIpc) is 1.51.